The van der Waals surface area contributed by atoms with E-state index in [1.54, 1.807) is 26.0 Å². The van der Waals surface area contributed by atoms with Gasteiger partial charge >= 0.3 is 6.03 Å². The molecule has 2 aliphatic rings. The first-order valence-electron chi connectivity index (χ1n) is 10.9. The van der Waals surface area contributed by atoms with Crippen LogP contribution in [0.25, 0.3) is 0 Å². The Morgan fingerprint density at radius 1 is 1.15 bits per heavy atom. The van der Waals surface area contributed by atoms with Crippen molar-refractivity contribution in [3.8, 4) is 0 Å². The third-order valence-electron chi connectivity index (χ3n) is 6.14. The summed E-state index contributed by atoms with van der Waals surface area (Å²) in [6, 6.07) is 7.75. The predicted octanol–water partition coefficient (Wildman–Crippen LogP) is 3.29. The molecular weight excluding hydrogens is 462 g/mol. The normalized spacial score (nSPS) is 17.6. The molecule has 0 aliphatic heterocycles. The van der Waals surface area contributed by atoms with Gasteiger partial charge in [0.05, 0.1) is 10.5 Å². The predicted molar refractivity (Wildman–Crippen MR) is 127 cm³/mol. The standard InChI is InChI=1S/C23H29N3O5S2/c1-23(2,28)17-8-5-9-18(13-17)33(31,24-14-32(29)30)26-22(27)25-21-19-10-3-6-15(19)12-16-7-4-11-20(16)21/h5,8-9,12-13,28H,3-4,6-7,10-11,14H2,1-2H3,(H,29,30)(H2,24,25,26,27,31)/p-1. The first-order chi connectivity index (χ1) is 15.6. The summed E-state index contributed by atoms with van der Waals surface area (Å²) in [5.74, 6) is -0.734. The van der Waals surface area contributed by atoms with Crippen molar-refractivity contribution in [2.75, 3.05) is 11.2 Å². The van der Waals surface area contributed by atoms with Gasteiger partial charge in [0.1, 0.15) is 5.88 Å². The molecule has 10 heteroatoms. The van der Waals surface area contributed by atoms with Gasteiger partial charge in [-0.3, -0.25) is 4.21 Å². The van der Waals surface area contributed by atoms with Crippen molar-refractivity contribution < 1.29 is 22.9 Å². The minimum Gasteiger partial charge on any atom is -0.771 e. The maximum absolute atomic E-state index is 13.7. The Morgan fingerprint density at radius 2 is 1.79 bits per heavy atom. The number of rotatable bonds is 6. The van der Waals surface area contributed by atoms with E-state index in [4.69, 9.17) is 0 Å². The fourth-order valence-corrected chi connectivity index (χ4v) is 6.69. The zero-order chi connectivity index (χ0) is 23.8. The second-order valence-corrected chi connectivity index (χ2v) is 11.8. The van der Waals surface area contributed by atoms with Crippen molar-refractivity contribution in [2.24, 2.45) is 4.36 Å². The van der Waals surface area contributed by atoms with E-state index in [0.717, 1.165) is 55.3 Å². The summed E-state index contributed by atoms with van der Waals surface area (Å²) in [4.78, 5) is 13.2. The molecule has 0 saturated heterocycles. The van der Waals surface area contributed by atoms with Gasteiger partial charge in [0, 0.05) is 5.69 Å². The lowest BCUT2D eigenvalue weighted by Gasteiger charge is -2.21. The van der Waals surface area contributed by atoms with E-state index < -0.39 is 38.5 Å². The molecule has 33 heavy (non-hydrogen) atoms. The largest absolute Gasteiger partial charge is 0.771 e. The van der Waals surface area contributed by atoms with Crippen molar-refractivity contribution >= 4 is 32.7 Å². The summed E-state index contributed by atoms with van der Waals surface area (Å²) in [6.45, 7) is 3.16. The Balaban J connectivity index is 1.68. The number of aryl methyl sites for hydroxylation is 2. The Kier molecular flexibility index (Phi) is 6.63. The number of carbonyl (C=O) groups is 1. The van der Waals surface area contributed by atoms with Gasteiger partial charge in [-0.25, -0.2) is 18.1 Å². The highest BCUT2D eigenvalue weighted by atomic mass is 32.2. The van der Waals surface area contributed by atoms with Gasteiger partial charge in [-0.2, -0.15) is 0 Å². The Hall–Kier alpha value is -2.27. The van der Waals surface area contributed by atoms with Gasteiger partial charge in [0.15, 0.2) is 9.92 Å². The van der Waals surface area contributed by atoms with E-state index in [9.17, 15) is 22.9 Å². The molecule has 2 aromatic carbocycles. The molecule has 8 nitrogen and oxygen atoms in total. The molecule has 2 aliphatic carbocycles. The molecule has 0 saturated carbocycles. The number of nitrogens with one attached hydrogen (secondary N) is 2. The first-order valence-corrected chi connectivity index (χ1v) is 13.7. The van der Waals surface area contributed by atoms with Crippen molar-refractivity contribution in [2.45, 2.75) is 62.9 Å². The number of aliphatic hydroxyl groups is 1. The van der Waals surface area contributed by atoms with Crippen LogP contribution in [-0.4, -0.2) is 30.0 Å². The second-order valence-electron chi connectivity index (χ2n) is 8.96. The first kappa shape index (κ1) is 23.9. The lowest BCUT2D eigenvalue weighted by atomic mass is 9.99. The quantitative estimate of drug-likeness (QED) is 0.535. The summed E-state index contributed by atoms with van der Waals surface area (Å²) < 4.78 is 42.3. The maximum Gasteiger partial charge on any atom is 0.331 e. The molecule has 0 bridgehead atoms. The summed E-state index contributed by atoms with van der Waals surface area (Å²) in [6.07, 6.45) is 5.76. The van der Waals surface area contributed by atoms with Crippen molar-refractivity contribution in [3.63, 3.8) is 0 Å². The molecule has 3 N–H and O–H groups in total. The van der Waals surface area contributed by atoms with Gasteiger partial charge in [-0.15, -0.1) is 0 Å². The minimum absolute atomic E-state index is 0.117. The number of carbonyl (C=O) groups excluding carboxylic acids is 1. The summed E-state index contributed by atoms with van der Waals surface area (Å²) in [5.41, 5.74) is 4.77. The van der Waals surface area contributed by atoms with Crippen molar-refractivity contribution in [1.82, 2.24) is 4.72 Å². The average molecular weight is 491 g/mol. The molecule has 2 unspecified atom stereocenters. The monoisotopic (exact) mass is 490 g/mol. The number of benzene rings is 2. The molecule has 0 aromatic heterocycles. The number of fused-ring (bicyclic) bond motifs is 2. The lowest BCUT2D eigenvalue weighted by molar-refractivity contribution is 0.0784. The number of amides is 2. The smallest absolute Gasteiger partial charge is 0.331 e. The highest BCUT2D eigenvalue weighted by molar-refractivity contribution is 7.92. The summed E-state index contributed by atoms with van der Waals surface area (Å²) in [7, 11) is -3.63. The maximum atomic E-state index is 13.7. The number of anilines is 1. The molecule has 4 rings (SSSR count). The zero-order valence-corrected chi connectivity index (χ0v) is 20.3. The highest BCUT2D eigenvalue weighted by Gasteiger charge is 2.26. The minimum atomic E-state index is -3.63. The van der Waals surface area contributed by atoms with Crippen LogP contribution in [0.4, 0.5) is 10.5 Å². The van der Waals surface area contributed by atoms with E-state index >= 15 is 0 Å². The fourth-order valence-electron chi connectivity index (χ4n) is 4.56. The number of hydrogen-bond donors (Lipinski definition) is 3. The van der Waals surface area contributed by atoms with E-state index in [0.29, 0.717) is 5.56 Å². The molecule has 2 amide bonds. The molecule has 2 aromatic rings. The van der Waals surface area contributed by atoms with E-state index in [-0.39, 0.29) is 4.90 Å². The highest BCUT2D eigenvalue weighted by Crippen LogP contribution is 2.38. The van der Waals surface area contributed by atoms with Crippen molar-refractivity contribution in [1.29, 1.82) is 0 Å². The van der Waals surface area contributed by atoms with Gasteiger partial charge in [0.2, 0.25) is 0 Å². The van der Waals surface area contributed by atoms with E-state index in [1.807, 2.05) is 0 Å². The Morgan fingerprint density at radius 3 is 2.36 bits per heavy atom. The topological polar surface area (TPSA) is 131 Å². The molecular formula is C23H28N3O5S2-. The molecule has 2 atom stereocenters. The summed E-state index contributed by atoms with van der Waals surface area (Å²) in [5, 5.41) is 13.2. The van der Waals surface area contributed by atoms with Crippen LogP contribution in [0, 0.1) is 0 Å². The molecule has 0 spiro atoms. The van der Waals surface area contributed by atoms with Gasteiger partial charge in [-0.05, 0) is 103 Å². The Labute approximate surface area is 196 Å². The molecule has 0 fully saturated rings. The molecule has 0 radical (unpaired) electrons. The Bertz CT molecular complexity index is 1210. The molecule has 178 valence electrons. The van der Waals surface area contributed by atoms with Crippen LogP contribution >= 0.6 is 0 Å². The average Bonchev–Trinajstić information content (AvgIpc) is 3.41. The van der Waals surface area contributed by atoms with Crippen LogP contribution in [0.15, 0.2) is 39.6 Å². The van der Waals surface area contributed by atoms with Crippen LogP contribution in [0.2, 0.25) is 0 Å². The number of nitrogens with zero attached hydrogens (tertiary/aromatic N) is 1. The van der Waals surface area contributed by atoms with Crippen LogP contribution in [0.1, 0.15) is 54.5 Å². The van der Waals surface area contributed by atoms with Crippen LogP contribution in [0.3, 0.4) is 0 Å². The summed E-state index contributed by atoms with van der Waals surface area (Å²) >= 11 is -2.58. The SMILES string of the molecule is CC(C)(O)c1cccc(S(=O)(=NCS(=O)[O-])NC(=O)Nc2c3c(cc4c2CCC4)CCC3)c1. The molecule has 0 heterocycles. The number of urea groups is 1. The van der Waals surface area contributed by atoms with Crippen LogP contribution in [0.5, 0.6) is 0 Å². The third kappa shape index (κ3) is 5.13. The van der Waals surface area contributed by atoms with Crippen LogP contribution in [-0.2, 0) is 52.3 Å². The van der Waals surface area contributed by atoms with E-state index in [2.05, 4.69) is 20.5 Å². The van der Waals surface area contributed by atoms with Gasteiger partial charge < -0.3 is 15.0 Å². The number of hydrogen-bond acceptors (Lipinski definition) is 6. The van der Waals surface area contributed by atoms with Crippen LogP contribution < -0.4 is 10.0 Å². The van der Waals surface area contributed by atoms with Crippen molar-refractivity contribution in [3.05, 3.63) is 58.1 Å². The van der Waals surface area contributed by atoms with E-state index in [1.165, 1.54) is 23.3 Å². The third-order valence-corrected chi connectivity index (χ3v) is 8.49. The second kappa shape index (κ2) is 9.17. The fraction of sp³-hybridized carbons (Fsp3) is 0.435. The zero-order valence-electron chi connectivity index (χ0n) is 18.7. The van der Waals surface area contributed by atoms with Gasteiger partial charge in [0.25, 0.3) is 0 Å². The van der Waals surface area contributed by atoms with Gasteiger partial charge in [-0.1, -0.05) is 18.2 Å². The lowest BCUT2D eigenvalue weighted by Crippen LogP contribution is -2.35.